The molecule has 30 heavy (non-hydrogen) atoms. The fourth-order valence-corrected chi connectivity index (χ4v) is 4.96. The van der Waals surface area contributed by atoms with Crippen molar-refractivity contribution in [3.05, 3.63) is 116 Å². The molecule has 5 heteroatoms. The molecule has 0 fully saturated rings. The minimum Gasteiger partial charge on any atom is -0.748 e. The van der Waals surface area contributed by atoms with Crippen molar-refractivity contribution in [1.29, 1.82) is 0 Å². The Bertz CT molecular complexity index is 1070. The maximum atomic E-state index is 9.08. The fraction of sp³-hybridized carbons (Fsp3) is 0.0400. The molecule has 152 valence electrons. The monoisotopic (exact) mass is 528 g/mol. The molecule has 0 aliphatic rings. The molecule has 0 saturated carbocycles. The topological polar surface area (TPSA) is 57.2 Å². The van der Waals surface area contributed by atoms with Crippen LogP contribution in [0.5, 0.6) is 0 Å². The predicted octanol–water partition coefficient (Wildman–Crippen LogP) is 2.31. The molecular formula is C25H21IO3S. The van der Waals surface area contributed by atoms with Crippen LogP contribution in [0.1, 0.15) is 0 Å². The van der Waals surface area contributed by atoms with Crippen LogP contribution in [0.15, 0.2) is 109 Å². The van der Waals surface area contributed by atoms with Gasteiger partial charge in [0.25, 0.3) is 0 Å². The highest BCUT2D eigenvalue weighted by atomic mass is 127. The van der Waals surface area contributed by atoms with E-state index in [1.807, 2.05) is 0 Å². The minimum atomic E-state index is -3.92. The van der Waals surface area contributed by atoms with Crippen LogP contribution < -0.4 is 21.2 Å². The molecule has 0 aliphatic carbocycles. The highest BCUT2D eigenvalue weighted by molar-refractivity contribution is 7.84. The van der Waals surface area contributed by atoms with Gasteiger partial charge in [0.2, 0.25) is 0 Å². The van der Waals surface area contributed by atoms with Gasteiger partial charge in [0.05, 0.1) is 10.1 Å². The number of halogens is 1. The van der Waals surface area contributed by atoms with Crippen molar-refractivity contribution in [3.63, 3.8) is 0 Å². The molecule has 4 aromatic carbocycles. The fourth-order valence-electron chi connectivity index (χ4n) is 2.80. The van der Waals surface area contributed by atoms with E-state index in [9.17, 15) is 0 Å². The van der Waals surface area contributed by atoms with Gasteiger partial charge in [-0.1, -0.05) is 60.7 Å². The molecule has 0 bridgehead atoms. The molecule has 0 atom stereocenters. The van der Waals surface area contributed by atoms with Gasteiger partial charge >= 0.3 is 21.2 Å². The minimum absolute atomic E-state index is 0.137. The summed E-state index contributed by atoms with van der Waals surface area (Å²) in [6.07, 6.45) is 0.604. The maximum Gasteiger partial charge on any atom is 0.357 e. The van der Waals surface area contributed by atoms with Gasteiger partial charge in [-0.25, -0.2) is 8.42 Å². The van der Waals surface area contributed by atoms with Crippen molar-refractivity contribution in [2.45, 2.75) is 0 Å². The Morgan fingerprint density at radius 2 is 0.800 bits per heavy atom. The van der Waals surface area contributed by atoms with Crippen LogP contribution >= 0.6 is 0 Å². The van der Waals surface area contributed by atoms with Crippen molar-refractivity contribution >= 4 is 10.1 Å². The third-order valence-electron chi connectivity index (χ3n) is 4.12. The summed E-state index contributed by atoms with van der Waals surface area (Å²) in [5.74, 6) is 0. The van der Waals surface area contributed by atoms with E-state index in [0.29, 0.717) is 6.26 Å². The average Bonchev–Trinajstić information content (AvgIpc) is 2.75. The Labute approximate surface area is 188 Å². The van der Waals surface area contributed by atoms with Crippen LogP contribution in [0.2, 0.25) is 0 Å². The first-order valence-corrected chi connectivity index (χ1v) is 13.2. The first-order valence-electron chi connectivity index (χ1n) is 9.25. The summed E-state index contributed by atoms with van der Waals surface area (Å²) in [5.41, 5.74) is 5.12. The second-order valence-electron chi connectivity index (χ2n) is 6.54. The zero-order valence-corrected chi connectivity index (χ0v) is 19.4. The van der Waals surface area contributed by atoms with E-state index in [0.717, 1.165) is 0 Å². The summed E-state index contributed by atoms with van der Waals surface area (Å²) in [5, 5.41) is 0. The SMILES string of the molecule is CS(=O)(=O)[O-].c1ccc(-c2ccc([I+]c3ccc(-c4ccccc4)cc3)cc2)cc1. The van der Waals surface area contributed by atoms with Crippen molar-refractivity contribution < 1.29 is 34.2 Å². The van der Waals surface area contributed by atoms with E-state index in [4.69, 9.17) is 13.0 Å². The van der Waals surface area contributed by atoms with Crippen LogP contribution in [0.3, 0.4) is 0 Å². The second kappa shape index (κ2) is 10.5. The largest absolute Gasteiger partial charge is 0.748 e. The molecule has 0 heterocycles. The Morgan fingerprint density at radius 3 is 1.10 bits per heavy atom. The summed E-state index contributed by atoms with van der Waals surface area (Å²) in [7, 11) is -3.92. The van der Waals surface area contributed by atoms with Crippen molar-refractivity contribution in [3.8, 4) is 22.3 Å². The summed E-state index contributed by atoms with van der Waals surface area (Å²) in [6.45, 7) is 0. The van der Waals surface area contributed by atoms with Gasteiger partial charge in [-0.2, -0.15) is 0 Å². The van der Waals surface area contributed by atoms with E-state index in [1.165, 1.54) is 29.4 Å². The molecular weight excluding hydrogens is 507 g/mol. The number of hydrogen-bond acceptors (Lipinski definition) is 3. The molecule has 0 aliphatic heterocycles. The zero-order valence-electron chi connectivity index (χ0n) is 16.4. The van der Waals surface area contributed by atoms with Crippen LogP contribution in [-0.4, -0.2) is 19.2 Å². The standard InChI is InChI=1S/C24H18I.CH4O3S/c1-3-7-19(8-4-1)21-11-15-23(16-12-21)25-24-17-13-22(14-18-24)20-9-5-2-6-10-20;1-5(2,3)4/h1-18H;1H3,(H,2,3,4)/q+1;/p-1. The quantitative estimate of drug-likeness (QED) is 0.302. The van der Waals surface area contributed by atoms with Gasteiger partial charge in [-0.3, -0.25) is 0 Å². The smallest absolute Gasteiger partial charge is 0.357 e. The van der Waals surface area contributed by atoms with Crippen LogP contribution in [0.4, 0.5) is 0 Å². The van der Waals surface area contributed by atoms with E-state index >= 15 is 0 Å². The second-order valence-corrected chi connectivity index (χ2v) is 11.0. The van der Waals surface area contributed by atoms with E-state index in [-0.39, 0.29) is 21.2 Å². The molecule has 0 unspecified atom stereocenters. The van der Waals surface area contributed by atoms with Gasteiger partial charge < -0.3 is 4.55 Å². The van der Waals surface area contributed by atoms with Gasteiger partial charge in [0.1, 0.15) is 0 Å². The first kappa shape index (κ1) is 22.2. The van der Waals surface area contributed by atoms with Crippen molar-refractivity contribution in [1.82, 2.24) is 0 Å². The summed E-state index contributed by atoms with van der Waals surface area (Å²) in [6, 6.07) is 39.2. The highest BCUT2D eigenvalue weighted by Crippen LogP contribution is 2.18. The predicted molar refractivity (Wildman–Crippen MR) is 117 cm³/mol. The Balaban J connectivity index is 0.000000461. The molecule has 0 amide bonds. The number of hydrogen-bond donors (Lipinski definition) is 0. The van der Waals surface area contributed by atoms with Gasteiger partial charge in [-0.15, -0.1) is 0 Å². The Hall–Kier alpha value is -2.48. The molecule has 0 N–H and O–H groups in total. The molecule has 0 radical (unpaired) electrons. The van der Waals surface area contributed by atoms with Gasteiger partial charge in [0, 0.05) is 6.26 Å². The van der Waals surface area contributed by atoms with Crippen LogP contribution in [0, 0.1) is 7.14 Å². The summed E-state index contributed by atoms with van der Waals surface area (Å²) < 4.78 is 30.1. The maximum absolute atomic E-state index is 9.08. The highest BCUT2D eigenvalue weighted by Gasteiger charge is 2.15. The average molecular weight is 528 g/mol. The van der Waals surface area contributed by atoms with Gasteiger partial charge in [0.15, 0.2) is 7.14 Å². The summed E-state index contributed by atoms with van der Waals surface area (Å²) in [4.78, 5) is 0. The first-order chi connectivity index (χ1) is 14.4. The molecule has 4 aromatic rings. The van der Waals surface area contributed by atoms with Crippen LogP contribution in [-0.2, 0) is 10.1 Å². The zero-order chi connectivity index (χ0) is 21.4. The van der Waals surface area contributed by atoms with Crippen LogP contribution in [0.25, 0.3) is 22.3 Å². The Kier molecular flexibility index (Phi) is 7.79. The van der Waals surface area contributed by atoms with E-state index in [2.05, 4.69) is 109 Å². The Morgan fingerprint density at radius 1 is 0.533 bits per heavy atom. The lowest BCUT2D eigenvalue weighted by atomic mass is 10.1. The van der Waals surface area contributed by atoms with E-state index in [1.54, 1.807) is 0 Å². The van der Waals surface area contributed by atoms with Gasteiger partial charge in [-0.05, 0) is 70.8 Å². The van der Waals surface area contributed by atoms with E-state index < -0.39 is 10.1 Å². The lowest BCUT2D eigenvalue weighted by molar-refractivity contribution is -0.597. The van der Waals surface area contributed by atoms with Crippen molar-refractivity contribution in [2.24, 2.45) is 0 Å². The normalized spacial score (nSPS) is 10.7. The third-order valence-corrected chi connectivity index (χ3v) is 6.80. The molecule has 4 rings (SSSR count). The number of benzene rings is 4. The number of rotatable bonds is 4. The molecule has 3 nitrogen and oxygen atoms in total. The lowest BCUT2D eigenvalue weighted by Crippen LogP contribution is -3.61. The third kappa shape index (κ3) is 7.40. The molecule has 0 saturated heterocycles. The lowest BCUT2D eigenvalue weighted by Gasteiger charge is -2.00. The molecule has 0 aromatic heterocycles. The van der Waals surface area contributed by atoms with Crippen molar-refractivity contribution in [2.75, 3.05) is 6.26 Å². The molecule has 0 spiro atoms. The summed E-state index contributed by atoms with van der Waals surface area (Å²) >= 11 is -0.137.